The van der Waals surface area contributed by atoms with Crippen molar-refractivity contribution in [1.29, 1.82) is 0 Å². The highest BCUT2D eigenvalue weighted by molar-refractivity contribution is 5.17. The summed E-state index contributed by atoms with van der Waals surface area (Å²) >= 11 is 0. The molecular weight excluding hydrogens is 514 g/mol. The Labute approximate surface area is 263 Å². The summed E-state index contributed by atoms with van der Waals surface area (Å²) in [6, 6.07) is 4.95. The molecule has 1 rings (SSSR count). The lowest BCUT2D eigenvalue weighted by atomic mass is 9.93. The number of rotatable bonds is 31. The molecule has 0 amide bonds. The molecule has 2 unspecified atom stereocenters. The first-order valence-electron chi connectivity index (χ1n) is 18.6. The zero-order valence-corrected chi connectivity index (χ0v) is 29.1. The molecule has 0 spiro atoms. The third-order valence-corrected chi connectivity index (χ3v) is 8.82. The zero-order chi connectivity index (χ0) is 30.5. The van der Waals surface area contributed by atoms with Crippen LogP contribution in [0.4, 0.5) is 0 Å². The van der Waals surface area contributed by atoms with Crippen molar-refractivity contribution >= 4 is 0 Å². The van der Waals surface area contributed by atoms with E-state index in [0.717, 1.165) is 37.9 Å². The first-order valence-corrected chi connectivity index (χ1v) is 18.6. The Morgan fingerprint density at radius 2 is 1.19 bits per heavy atom. The number of aromatic nitrogens is 1. The monoisotopic (exact) mass is 588 g/mol. The number of nitrogens with one attached hydrogen (secondary N) is 1. The Morgan fingerprint density at radius 3 is 1.76 bits per heavy atom. The van der Waals surface area contributed by atoms with Crippen LogP contribution >= 0.6 is 0 Å². The van der Waals surface area contributed by atoms with E-state index in [9.17, 15) is 0 Å². The van der Waals surface area contributed by atoms with Gasteiger partial charge in [0.25, 0.3) is 0 Å². The van der Waals surface area contributed by atoms with Crippen LogP contribution in [0.25, 0.3) is 0 Å². The molecule has 0 aromatic carbocycles. The van der Waals surface area contributed by atoms with Gasteiger partial charge in [-0.3, -0.25) is 0 Å². The lowest BCUT2D eigenvalue weighted by Crippen LogP contribution is -2.30. The summed E-state index contributed by atoms with van der Waals surface area (Å²) in [4.78, 5) is 7.15. The van der Waals surface area contributed by atoms with E-state index in [2.05, 4.69) is 62.1 Å². The summed E-state index contributed by atoms with van der Waals surface area (Å²) in [5.41, 5.74) is 1.29. The normalized spacial score (nSPS) is 13.1. The number of nitrogens with zero attached hydrogens (tertiary/aromatic N) is 2. The van der Waals surface area contributed by atoms with Crippen LogP contribution in [0, 0.1) is 5.92 Å². The second-order valence-corrected chi connectivity index (χ2v) is 13.2. The molecule has 1 aromatic heterocycles. The molecule has 4 heteroatoms. The highest BCUT2D eigenvalue weighted by Crippen LogP contribution is 2.21. The minimum atomic E-state index is 0.671. The number of unbranched alkanes of at least 4 members (excludes halogenated alkanes) is 13. The van der Waals surface area contributed by atoms with Crippen LogP contribution in [0.3, 0.4) is 0 Å². The molecule has 0 saturated carbocycles. The summed E-state index contributed by atoms with van der Waals surface area (Å²) in [6.07, 6.45) is 31.8. The van der Waals surface area contributed by atoms with Crippen LogP contribution in [0.5, 0.6) is 5.88 Å². The quantitative estimate of drug-likeness (QED) is 0.0877. The summed E-state index contributed by atoms with van der Waals surface area (Å²) in [5.74, 6) is 1.59. The van der Waals surface area contributed by atoms with Crippen LogP contribution < -0.4 is 10.1 Å². The van der Waals surface area contributed by atoms with Gasteiger partial charge in [-0.15, -0.1) is 0 Å². The molecule has 1 aromatic rings. The average Bonchev–Trinajstić information content (AvgIpc) is 2.99. The van der Waals surface area contributed by atoms with Crippen molar-refractivity contribution in [2.24, 2.45) is 5.92 Å². The minimum absolute atomic E-state index is 0.671. The molecule has 4 nitrogen and oxygen atoms in total. The van der Waals surface area contributed by atoms with Crippen molar-refractivity contribution in [2.75, 3.05) is 26.7 Å². The first kappa shape index (κ1) is 38.9. The second-order valence-electron chi connectivity index (χ2n) is 13.2. The molecule has 0 aliphatic carbocycles. The van der Waals surface area contributed by atoms with E-state index in [4.69, 9.17) is 4.74 Å². The van der Waals surface area contributed by atoms with Gasteiger partial charge in [-0.05, 0) is 57.2 Å². The Morgan fingerprint density at radius 1 is 0.667 bits per heavy atom. The van der Waals surface area contributed by atoms with Crippen LogP contribution in [0.1, 0.15) is 175 Å². The fourth-order valence-electron chi connectivity index (χ4n) is 6.17. The van der Waals surface area contributed by atoms with Gasteiger partial charge in [0.15, 0.2) is 0 Å². The van der Waals surface area contributed by atoms with Gasteiger partial charge < -0.3 is 15.0 Å². The fourth-order valence-corrected chi connectivity index (χ4v) is 6.17. The van der Waals surface area contributed by atoms with E-state index in [1.165, 1.54) is 147 Å². The van der Waals surface area contributed by atoms with Gasteiger partial charge in [0.2, 0.25) is 5.88 Å². The lowest BCUT2D eigenvalue weighted by molar-refractivity contribution is 0.243. The lowest BCUT2D eigenvalue weighted by Gasteiger charge is -2.24. The maximum Gasteiger partial charge on any atom is 0.213 e. The minimum Gasteiger partial charge on any atom is -0.478 e. The number of hydrogen-bond donors (Lipinski definition) is 1. The Hall–Kier alpha value is -1.13. The van der Waals surface area contributed by atoms with Crippen molar-refractivity contribution in [3.8, 4) is 5.88 Å². The Balaban J connectivity index is 2.36. The summed E-state index contributed by atoms with van der Waals surface area (Å²) in [6.45, 7) is 13.1. The van der Waals surface area contributed by atoms with E-state index in [1.807, 2.05) is 6.20 Å². The van der Waals surface area contributed by atoms with E-state index >= 15 is 0 Å². The highest BCUT2D eigenvalue weighted by atomic mass is 16.5. The number of hydrogen-bond acceptors (Lipinski definition) is 4. The molecule has 0 aliphatic heterocycles. The maximum absolute atomic E-state index is 6.01. The van der Waals surface area contributed by atoms with Gasteiger partial charge in [-0.2, -0.15) is 0 Å². The molecule has 2 atom stereocenters. The standard InChI is InChI=1S/C38H73N3O/c1-6-10-14-17-21-25-35(24-20-16-12-8-3)33-41(5)34-36-28-29-38(40-32-36)42-31-23-30-39-37(26-19-13-9-4)27-22-18-15-11-7-2/h28-29,32,35,37,39H,6-27,30-31,33-34H2,1-5H3. The molecule has 246 valence electrons. The fraction of sp³-hybridized carbons (Fsp3) is 0.868. The molecule has 42 heavy (non-hydrogen) atoms. The summed E-state index contributed by atoms with van der Waals surface area (Å²) in [7, 11) is 2.29. The molecule has 0 aliphatic rings. The van der Waals surface area contributed by atoms with Crippen LogP contribution in [-0.4, -0.2) is 42.7 Å². The third-order valence-electron chi connectivity index (χ3n) is 8.82. The van der Waals surface area contributed by atoms with Crippen LogP contribution in [-0.2, 0) is 6.54 Å². The van der Waals surface area contributed by atoms with Crippen molar-refractivity contribution in [1.82, 2.24) is 15.2 Å². The SMILES string of the molecule is CCCCCCCC(CCCCCC)CN(C)Cc1ccc(OCCCNC(CCCCC)CCCCCCC)nc1. The average molecular weight is 588 g/mol. The molecule has 0 fully saturated rings. The van der Waals surface area contributed by atoms with E-state index in [1.54, 1.807) is 0 Å². The van der Waals surface area contributed by atoms with Crippen molar-refractivity contribution in [3.63, 3.8) is 0 Å². The topological polar surface area (TPSA) is 37.4 Å². The van der Waals surface area contributed by atoms with Gasteiger partial charge >= 0.3 is 0 Å². The van der Waals surface area contributed by atoms with Crippen molar-refractivity contribution in [2.45, 2.75) is 182 Å². The molecule has 1 N–H and O–H groups in total. The molecule has 0 saturated heterocycles. The van der Waals surface area contributed by atoms with E-state index < -0.39 is 0 Å². The number of pyridine rings is 1. The maximum atomic E-state index is 6.01. The second kappa shape index (κ2) is 28.6. The van der Waals surface area contributed by atoms with Crippen LogP contribution in [0.2, 0.25) is 0 Å². The third kappa shape index (κ3) is 22.4. The first-order chi connectivity index (χ1) is 20.6. The van der Waals surface area contributed by atoms with Gasteiger partial charge in [-0.1, -0.05) is 143 Å². The van der Waals surface area contributed by atoms with Gasteiger partial charge in [0, 0.05) is 31.4 Å². The summed E-state index contributed by atoms with van der Waals surface area (Å²) < 4.78 is 6.01. The predicted octanol–water partition coefficient (Wildman–Crippen LogP) is 11.1. The van der Waals surface area contributed by atoms with Crippen molar-refractivity contribution < 1.29 is 4.74 Å². The zero-order valence-electron chi connectivity index (χ0n) is 29.1. The van der Waals surface area contributed by atoms with Gasteiger partial charge in [0.1, 0.15) is 0 Å². The number of ether oxygens (including phenoxy) is 1. The molecule has 0 radical (unpaired) electrons. The Kier molecular flexibility index (Phi) is 26.5. The van der Waals surface area contributed by atoms with E-state index in [-0.39, 0.29) is 0 Å². The van der Waals surface area contributed by atoms with Crippen molar-refractivity contribution in [3.05, 3.63) is 23.9 Å². The summed E-state index contributed by atoms with van der Waals surface area (Å²) in [5, 5.41) is 3.84. The smallest absolute Gasteiger partial charge is 0.213 e. The van der Waals surface area contributed by atoms with Crippen LogP contribution in [0.15, 0.2) is 18.3 Å². The highest BCUT2D eigenvalue weighted by Gasteiger charge is 2.13. The van der Waals surface area contributed by atoms with Gasteiger partial charge in [0.05, 0.1) is 6.61 Å². The Bertz CT molecular complexity index is 679. The van der Waals surface area contributed by atoms with Gasteiger partial charge in [-0.25, -0.2) is 4.98 Å². The molecule has 1 heterocycles. The molecule has 0 bridgehead atoms. The predicted molar refractivity (Wildman–Crippen MR) is 186 cm³/mol. The largest absolute Gasteiger partial charge is 0.478 e. The molecular formula is C38H73N3O. The van der Waals surface area contributed by atoms with E-state index in [0.29, 0.717) is 6.04 Å².